The summed E-state index contributed by atoms with van der Waals surface area (Å²) in [5.74, 6) is 6.62. The van der Waals surface area contributed by atoms with Crippen LogP contribution in [0.15, 0.2) is 48.9 Å². The van der Waals surface area contributed by atoms with Gasteiger partial charge in [0, 0.05) is 24.2 Å². The highest BCUT2D eigenvalue weighted by atomic mass is 32.1. The summed E-state index contributed by atoms with van der Waals surface area (Å²) in [4.78, 5) is 15.1. The minimum atomic E-state index is 0.0285. The molecule has 4 rings (SSSR count). The van der Waals surface area contributed by atoms with Gasteiger partial charge in [-0.2, -0.15) is 0 Å². The number of aromatic nitrogens is 4. The quantitative estimate of drug-likeness (QED) is 0.476. The van der Waals surface area contributed by atoms with Crippen LogP contribution in [0.4, 0.5) is 0 Å². The first-order chi connectivity index (χ1) is 12.5. The van der Waals surface area contributed by atoms with E-state index in [2.05, 4.69) is 54.8 Å². The van der Waals surface area contributed by atoms with Crippen LogP contribution in [-0.4, -0.2) is 19.4 Å². The number of imidazole rings is 1. The summed E-state index contributed by atoms with van der Waals surface area (Å²) in [6.45, 7) is 6.59. The van der Waals surface area contributed by atoms with E-state index in [9.17, 15) is 0 Å². The van der Waals surface area contributed by atoms with Gasteiger partial charge in [0.25, 0.3) is 0 Å². The first-order valence-electron chi connectivity index (χ1n) is 8.31. The molecule has 0 amide bonds. The second kappa shape index (κ2) is 6.40. The van der Waals surface area contributed by atoms with Crippen molar-refractivity contribution in [2.24, 2.45) is 0 Å². The van der Waals surface area contributed by atoms with Crippen LogP contribution in [0.5, 0.6) is 0 Å². The minimum Gasteiger partial charge on any atom is -0.297 e. The van der Waals surface area contributed by atoms with E-state index >= 15 is 0 Å². The average molecular weight is 357 g/mol. The monoisotopic (exact) mass is 357 g/mol. The molecule has 0 aliphatic rings. The Hall–Kier alpha value is -2.97. The number of thiophene rings is 1. The number of pyridine rings is 1. The van der Waals surface area contributed by atoms with Crippen LogP contribution in [0.1, 0.15) is 37.0 Å². The van der Waals surface area contributed by atoms with Crippen LogP contribution < -0.4 is 0 Å². The van der Waals surface area contributed by atoms with E-state index in [1.807, 2.05) is 28.8 Å². The van der Waals surface area contributed by atoms with Crippen molar-refractivity contribution in [3.05, 3.63) is 71.4 Å². The SMILES string of the molecule is CC(C)(C)c1cccn2[c]c(-c3ccc(C#Cc4ncccn4)s3)nc12. The lowest BCUT2D eigenvalue weighted by Crippen LogP contribution is -2.12. The van der Waals surface area contributed by atoms with Crippen molar-refractivity contribution in [2.45, 2.75) is 26.2 Å². The summed E-state index contributed by atoms with van der Waals surface area (Å²) in [7, 11) is 0. The topological polar surface area (TPSA) is 43.1 Å². The Balaban J connectivity index is 1.69. The molecule has 0 aliphatic heterocycles. The van der Waals surface area contributed by atoms with E-state index in [4.69, 9.17) is 4.98 Å². The maximum Gasteiger partial charge on any atom is 0.205 e. The summed E-state index contributed by atoms with van der Waals surface area (Å²) >= 11 is 1.60. The number of rotatable bonds is 1. The van der Waals surface area contributed by atoms with E-state index in [-0.39, 0.29) is 5.41 Å². The highest BCUT2D eigenvalue weighted by Gasteiger charge is 2.19. The summed E-state index contributed by atoms with van der Waals surface area (Å²) in [5.41, 5.74) is 3.03. The Labute approximate surface area is 156 Å². The molecule has 4 heterocycles. The van der Waals surface area contributed by atoms with Gasteiger partial charge < -0.3 is 0 Å². The molecule has 0 spiro atoms. The zero-order valence-electron chi connectivity index (χ0n) is 14.8. The molecule has 127 valence electrons. The largest absolute Gasteiger partial charge is 0.297 e. The van der Waals surface area contributed by atoms with Crippen molar-refractivity contribution in [3.8, 4) is 22.4 Å². The third-order valence-corrected chi connectivity index (χ3v) is 4.93. The maximum atomic E-state index is 4.83. The molecule has 5 heteroatoms. The molecule has 0 saturated carbocycles. The number of hydrogen-bond acceptors (Lipinski definition) is 4. The van der Waals surface area contributed by atoms with E-state index in [1.165, 1.54) is 5.56 Å². The van der Waals surface area contributed by atoms with Crippen LogP contribution in [0, 0.1) is 18.0 Å². The van der Waals surface area contributed by atoms with Gasteiger partial charge in [-0.1, -0.05) is 26.8 Å². The number of nitrogens with zero attached hydrogens (tertiary/aromatic N) is 4. The molecule has 1 radical (unpaired) electrons. The van der Waals surface area contributed by atoms with Crippen molar-refractivity contribution in [3.63, 3.8) is 0 Å². The zero-order valence-corrected chi connectivity index (χ0v) is 15.6. The van der Waals surface area contributed by atoms with Gasteiger partial charge in [0.1, 0.15) is 17.5 Å². The fraction of sp³-hybridized carbons (Fsp3) is 0.190. The molecule has 0 fully saturated rings. The molecule has 0 N–H and O–H groups in total. The van der Waals surface area contributed by atoms with Gasteiger partial charge in [0.2, 0.25) is 5.82 Å². The number of fused-ring (bicyclic) bond motifs is 1. The Morgan fingerprint density at radius 3 is 2.62 bits per heavy atom. The normalized spacial score (nSPS) is 11.3. The van der Waals surface area contributed by atoms with Gasteiger partial charge in [-0.15, -0.1) is 11.3 Å². The van der Waals surface area contributed by atoms with Crippen molar-refractivity contribution in [1.82, 2.24) is 19.4 Å². The molecule has 0 saturated heterocycles. The lowest BCUT2D eigenvalue weighted by atomic mass is 9.88. The van der Waals surface area contributed by atoms with E-state index in [1.54, 1.807) is 29.8 Å². The summed E-state index contributed by atoms with van der Waals surface area (Å²) in [5, 5.41) is 0. The molecular formula is C21H17N4S. The lowest BCUT2D eigenvalue weighted by molar-refractivity contribution is 0.591. The van der Waals surface area contributed by atoms with Gasteiger partial charge in [0.15, 0.2) is 0 Å². The van der Waals surface area contributed by atoms with Crippen molar-refractivity contribution in [2.75, 3.05) is 0 Å². The molecule has 0 bridgehead atoms. The second-order valence-electron chi connectivity index (χ2n) is 6.92. The van der Waals surface area contributed by atoms with Crippen LogP contribution in [0.2, 0.25) is 0 Å². The first-order valence-corrected chi connectivity index (χ1v) is 9.12. The minimum absolute atomic E-state index is 0.0285. The van der Waals surface area contributed by atoms with Gasteiger partial charge in [-0.05, 0) is 41.5 Å². The average Bonchev–Trinajstić information content (AvgIpc) is 3.26. The van der Waals surface area contributed by atoms with Crippen LogP contribution >= 0.6 is 11.3 Å². The smallest absolute Gasteiger partial charge is 0.205 e. The Morgan fingerprint density at radius 2 is 1.85 bits per heavy atom. The highest BCUT2D eigenvalue weighted by Crippen LogP contribution is 2.30. The molecule has 4 nitrogen and oxygen atoms in total. The Morgan fingerprint density at radius 1 is 1.04 bits per heavy atom. The van der Waals surface area contributed by atoms with Crippen molar-refractivity contribution in [1.29, 1.82) is 0 Å². The molecule has 26 heavy (non-hydrogen) atoms. The molecule has 0 aromatic carbocycles. The van der Waals surface area contributed by atoms with Gasteiger partial charge in [-0.3, -0.25) is 4.40 Å². The summed E-state index contributed by atoms with van der Waals surface area (Å²) in [6, 6.07) is 9.99. The first kappa shape index (κ1) is 16.5. The molecular weight excluding hydrogens is 340 g/mol. The standard InChI is InChI=1S/C21H17N4S/c1-21(2,3)16-6-4-13-25-14-17(24-20(16)25)18-9-7-15(26-18)8-10-19-22-11-5-12-23-19/h4-7,9,11-13H,1-3H3. The maximum absolute atomic E-state index is 4.83. The molecule has 4 aromatic rings. The Bertz CT molecular complexity index is 1120. The summed E-state index contributed by atoms with van der Waals surface area (Å²) < 4.78 is 1.97. The van der Waals surface area contributed by atoms with Gasteiger partial charge in [-0.25, -0.2) is 15.0 Å². The van der Waals surface area contributed by atoms with E-state index in [0.29, 0.717) is 5.82 Å². The lowest BCUT2D eigenvalue weighted by Gasteiger charge is -2.19. The fourth-order valence-corrected chi connectivity index (χ4v) is 3.46. The van der Waals surface area contributed by atoms with Gasteiger partial charge >= 0.3 is 0 Å². The predicted molar refractivity (Wildman–Crippen MR) is 104 cm³/mol. The third kappa shape index (κ3) is 3.24. The highest BCUT2D eigenvalue weighted by molar-refractivity contribution is 7.16. The van der Waals surface area contributed by atoms with Crippen molar-refractivity contribution >= 4 is 17.0 Å². The number of hydrogen-bond donors (Lipinski definition) is 0. The molecule has 0 unspecified atom stereocenters. The second-order valence-corrected chi connectivity index (χ2v) is 8.01. The van der Waals surface area contributed by atoms with E-state index < -0.39 is 0 Å². The summed E-state index contributed by atoms with van der Waals surface area (Å²) in [6.07, 6.45) is 8.72. The van der Waals surface area contributed by atoms with Crippen LogP contribution in [0.3, 0.4) is 0 Å². The zero-order chi connectivity index (χ0) is 18.1. The van der Waals surface area contributed by atoms with Gasteiger partial charge in [0.05, 0.1) is 9.75 Å². The fourth-order valence-electron chi connectivity index (χ4n) is 2.66. The molecule has 0 aliphatic carbocycles. The predicted octanol–water partition coefficient (Wildman–Crippen LogP) is 4.35. The Kier molecular flexibility index (Phi) is 4.06. The van der Waals surface area contributed by atoms with Crippen LogP contribution in [-0.2, 0) is 5.41 Å². The van der Waals surface area contributed by atoms with Crippen LogP contribution in [0.25, 0.3) is 16.2 Å². The van der Waals surface area contributed by atoms with E-state index in [0.717, 1.165) is 21.1 Å². The molecule has 4 aromatic heterocycles. The van der Waals surface area contributed by atoms with Crippen molar-refractivity contribution < 1.29 is 0 Å². The molecule has 0 atom stereocenters. The third-order valence-electron chi connectivity index (χ3n) is 3.92.